The number of piperidine rings is 1. The van der Waals surface area contributed by atoms with E-state index in [-0.39, 0.29) is 11.6 Å². The summed E-state index contributed by atoms with van der Waals surface area (Å²) in [4.78, 5) is 14.0. The first kappa shape index (κ1) is 18.6. The summed E-state index contributed by atoms with van der Waals surface area (Å²) >= 11 is 0. The number of carbonyl (C=O) groups is 1. The molecule has 0 aromatic carbocycles. The van der Waals surface area contributed by atoms with E-state index in [1.54, 1.807) is 0 Å². The van der Waals surface area contributed by atoms with Crippen LogP contribution in [-0.4, -0.2) is 41.8 Å². The van der Waals surface area contributed by atoms with Gasteiger partial charge in [0.25, 0.3) is 0 Å². The van der Waals surface area contributed by atoms with Crippen molar-refractivity contribution in [1.29, 1.82) is 0 Å². The second-order valence-electron chi connectivity index (χ2n) is 9.05. The van der Waals surface area contributed by atoms with Gasteiger partial charge in [-0.05, 0) is 71.8 Å². The number of hydrogen-bond acceptors (Lipinski definition) is 3. The normalized spacial score (nSPS) is 28.5. The Morgan fingerprint density at radius 3 is 2.48 bits per heavy atom. The fourth-order valence-corrected chi connectivity index (χ4v) is 3.82. The minimum atomic E-state index is -0.409. The molecule has 1 amide bonds. The van der Waals surface area contributed by atoms with Crippen LogP contribution >= 0.6 is 0 Å². The first-order chi connectivity index (χ1) is 10.7. The maximum Gasteiger partial charge on any atom is 0.410 e. The highest BCUT2D eigenvalue weighted by Gasteiger charge is 2.34. The van der Waals surface area contributed by atoms with Gasteiger partial charge in [-0.3, -0.25) is 0 Å². The largest absolute Gasteiger partial charge is 0.444 e. The first-order valence-electron chi connectivity index (χ1n) is 9.40. The van der Waals surface area contributed by atoms with Gasteiger partial charge < -0.3 is 15.0 Å². The summed E-state index contributed by atoms with van der Waals surface area (Å²) in [6.45, 7) is 13.2. The average Bonchev–Trinajstić information content (AvgIpc) is 2.44. The molecule has 1 saturated carbocycles. The Morgan fingerprint density at radius 1 is 1.26 bits per heavy atom. The smallest absolute Gasteiger partial charge is 0.410 e. The maximum atomic E-state index is 12.1. The summed E-state index contributed by atoms with van der Waals surface area (Å²) in [7, 11) is 0. The molecule has 1 saturated heterocycles. The highest BCUT2D eigenvalue weighted by atomic mass is 16.6. The van der Waals surface area contributed by atoms with Gasteiger partial charge >= 0.3 is 6.09 Å². The van der Waals surface area contributed by atoms with Crippen LogP contribution in [0, 0.1) is 11.8 Å². The van der Waals surface area contributed by atoms with E-state index in [1.165, 1.54) is 25.7 Å². The van der Waals surface area contributed by atoms with E-state index in [0.29, 0.717) is 0 Å². The van der Waals surface area contributed by atoms with E-state index in [1.807, 2.05) is 25.7 Å². The van der Waals surface area contributed by atoms with E-state index in [2.05, 4.69) is 19.2 Å². The zero-order valence-electron chi connectivity index (χ0n) is 15.8. The maximum absolute atomic E-state index is 12.1. The van der Waals surface area contributed by atoms with E-state index in [4.69, 9.17) is 4.74 Å². The van der Waals surface area contributed by atoms with Crippen molar-refractivity contribution in [3.05, 3.63) is 0 Å². The lowest BCUT2D eigenvalue weighted by Crippen LogP contribution is -2.54. The predicted octanol–water partition coefficient (Wildman–Crippen LogP) is 4.19. The molecular formula is C19H36N2O2. The predicted molar refractivity (Wildman–Crippen MR) is 94.6 cm³/mol. The Balaban J connectivity index is 1.75. The van der Waals surface area contributed by atoms with Crippen LogP contribution < -0.4 is 5.32 Å². The van der Waals surface area contributed by atoms with Gasteiger partial charge in [-0.2, -0.15) is 0 Å². The van der Waals surface area contributed by atoms with Crippen LogP contribution in [0.2, 0.25) is 0 Å². The van der Waals surface area contributed by atoms with Gasteiger partial charge in [0.1, 0.15) is 5.60 Å². The zero-order valence-corrected chi connectivity index (χ0v) is 15.8. The van der Waals surface area contributed by atoms with Gasteiger partial charge in [-0.15, -0.1) is 0 Å². The van der Waals surface area contributed by atoms with Crippen LogP contribution in [0.15, 0.2) is 0 Å². The summed E-state index contributed by atoms with van der Waals surface area (Å²) in [5.74, 6) is 1.72. The van der Waals surface area contributed by atoms with Crippen molar-refractivity contribution < 1.29 is 9.53 Å². The van der Waals surface area contributed by atoms with E-state index >= 15 is 0 Å². The Morgan fingerprint density at radius 2 is 1.91 bits per heavy atom. The third-order valence-electron chi connectivity index (χ3n) is 5.38. The number of ether oxygens (including phenoxy) is 1. The standard InChI is InChI=1S/C19H36N2O2/c1-15-7-6-8-16(13-15)14-20-19(5)9-11-21(12-10-19)17(22)23-18(2,3)4/h15-16,20H,6-14H2,1-5H3. The number of hydrogen-bond donors (Lipinski definition) is 1. The highest BCUT2D eigenvalue weighted by Crippen LogP contribution is 2.29. The van der Waals surface area contributed by atoms with E-state index in [0.717, 1.165) is 44.3 Å². The molecule has 1 N–H and O–H groups in total. The summed E-state index contributed by atoms with van der Waals surface area (Å²) in [5.41, 5.74) is -0.243. The monoisotopic (exact) mass is 324 g/mol. The minimum absolute atomic E-state index is 0.166. The molecule has 1 heterocycles. The Labute approximate surface area is 142 Å². The van der Waals surface area contributed by atoms with E-state index < -0.39 is 5.60 Å². The number of likely N-dealkylation sites (tertiary alicyclic amines) is 1. The fraction of sp³-hybridized carbons (Fsp3) is 0.947. The number of nitrogens with zero attached hydrogens (tertiary/aromatic N) is 1. The van der Waals surface area contributed by atoms with Gasteiger partial charge in [0.05, 0.1) is 0 Å². The molecule has 134 valence electrons. The van der Waals surface area contributed by atoms with Crippen molar-refractivity contribution in [3.8, 4) is 0 Å². The number of amides is 1. The van der Waals surface area contributed by atoms with Crippen LogP contribution in [0.25, 0.3) is 0 Å². The quantitative estimate of drug-likeness (QED) is 0.846. The van der Waals surface area contributed by atoms with Crippen LogP contribution in [0.4, 0.5) is 4.79 Å². The van der Waals surface area contributed by atoms with Crippen LogP contribution in [-0.2, 0) is 4.74 Å². The lowest BCUT2D eigenvalue weighted by Gasteiger charge is -2.41. The Kier molecular flexibility index (Phi) is 5.99. The third kappa shape index (κ3) is 5.98. The molecule has 0 aromatic rings. The van der Waals surface area contributed by atoms with Crippen molar-refractivity contribution in [2.75, 3.05) is 19.6 Å². The molecule has 1 aliphatic carbocycles. The number of rotatable bonds is 3. The van der Waals surface area contributed by atoms with Crippen molar-refractivity contribution in [2.24, 2.45) is 11.8 Å². The molecule has 0 aromatic heterocycles. The molecule has 2 atom stereocenters. The van der Waals surface area contributed by atoms with Gasteiger partial charge in [0.2, 0.25) is 0 Å². The number of carbonyl (C=O) groups excluding carboxylic acids is 1. The molecule has 1 aliphatic heterocycles. The summed E-state index contributed by atoms with van der Waals surface area (Å²) in [6.07, 6.45) is 7.38. The van der Waals surface area contributed by atoms with Crippen molar-refractivity contribution in [1.82, 2.24) is 10.2 Å². The van der Waals surface area contributed by atoms with Crippen molar-refractivity contribution in [3.63, 3.8) is 0 Å². The molecule has 0 bridgehead atoms. The second kappa shape index (κ2) is 7.42. The highest BCUT2D eigenvalue weighted by molar-refractivity contribution is 5.68. The van der Waals surface area contributed by atoms with Gasteiger partial charge in [-0.25, -0.2) is 4.79 Å². The van der Waals surface area contributed by atoms with Crippen molar-refractivity contribution >= 4 is 6.09 Å². The van der Waals surface area contributed by atoms with Crippen LogP contribution in [0.1, 0.15) is 73.1 Å². The molecule has 4 nitrogen and oxygen atoms in total. The van der Waals surface area contributed by atoms with Crippen molar-refractivity contribution in [2.45, 2.75) is 84.3 Å². The minimum Gasteiger partial charge on any atom is -0.444 e. The first-order valence-corrected chi connectivity index (χ1v) is 9.40. The molecule has 2 unspecified atom stereocenters. The van der Waals surface area contributed by atoms with Gasteiger partial charge in [0, 0.05) is 18.6 Å². The Hall–Kier alpha value is -0.770. The van der Waals surface area contributed by atoms with Crippen LogP contribution in [0.3, 0.4) is 0 Å². The number of nitrogens with one attached hydrogen (secondary N) is 1. The molecule has 0 spiro atoms. The zero-order chi connectivity index (χ0) is 17.1. The van der Waals surface area contributed by atoms with Gasteiger partial charge in [0.15, 0.2) is 0 Å². The molecular weight excluding hydrogens is 288 g/mol. The second-order valence-corrected chi connectivity index (χ2v) is 9.05. The Bertz CT molecular complexity index is 395. The average molecular weight is 325 g/mol. The topological polar surface area (TPSA) is 41.6 Å². The van der Waals surface area contributed by atoms with Crippen LogP contribution in [0.5, 0.6) is 0 Å². The molecule has 4 heteroatoms. The summed E-state index contributed by atoms with van der Waals surface area (Å²) < 4.78 is 5.48. The SMILES string of the molecule is CC1CCCC(CNC2(C)CCN(C(=O)OC(C)(C)C)CC2)C1. The lowest BCUT2D eigenvalue weighted by atomic mass is 9.81. The lowest BCUT2D eigenvalue weighted by molar-refractivity contribution is 0.0154. The summed E-state index contributed by atoms with van der Waals surface area (Å²) in [5, 5.41) is 3.82. The molecule has 23 heavy (non-hydrogen) atoms. The molecule has 2 fully saturated rings. The van der Waals surface area contributed by atoms with E-state index in [9.17, 15) is 4.79 Å². The molecule has 0 radical (unpaired) electrons. The third-order valence-corrected chi connectivity index (χ3v) is 5.38. The van der Waals surface area contributed by atoms with Gasteiger partial charge in [-0.1, -0.05) is 19.8 Å². The molecule has 2 rings (SSSR count). The molecule has 2 aliphatic rings. The summed E-state index contributed by atoms with van der Waals surface area (Å²) in [6, 6.07) is 0. The fourth-order valence-electron chi connectivity index (χ4n) is 3.82.